The molecule has 3 rings (SSSR count). The first-order valence-corrected chi connectivity index (χ1v) is 10.8. The summed E-state index contributed by atoms with van der Waals surface area (Å²) < 4.78 is 29.6. The SMILES string of the molecule is Cc1cc(C)n(-c2ccc(C(=O)OCC(=O)Nc3ccc(S(C)(=O)=O)cc3)cn2)n1. The zero-order valence-electron chi connectivity index (χ0n) is 16.6. The molecule has 1 N–H and O–H groups in total. The van der Waals surface area contributed by atoms with Crippen molar-refractivity contribution < 1.29 is 22.7 Å². The van der Waals surface area contributed by atoms with E-state index in [-0.39, 0.29) is 10.5 Å². The first kappa shape index (κ1) is 21.2. The summed E-state index contributed by atoms with van der Waals surface area (Å²) in [6.07, 6.45) is 2.45. The molecule has 0 spiro atoms. The van der Waals surface area contributed by atoms with Crippen LogP contribution in [-0.4, -0.2) is 47.9 Å². The molecule has 156 valence electrons. The van der Waals surface area contributed by atoms with E-state index in [0.717, 1.165) is 17.6 Å². The van der Waals surface area contributed by atoms with Crippen molar-refractivity contribution in [3.63, 3.8) is 0 Å². The van der Waals surface area contributed by atoms with Crippen LogP contribution in [0.25, 0.3) is 5.82 Å². The van der Waals surface area contributed by atoms with Gasteiger partial charge in [0.1, 0.15) is 0 Å². The molecule has 1 aromatic carbocycles. The van der Waals surface area contributed by atoms with Gasteiger partial charge in [-0.25, -0.2) is 22.9 Å². The van der Waals surface area contributed by atoms with Crippen LogP contribution in [0.3, 0.4) is 0 Å². The molecule has 0 aliphatic rings. The molecule has 0 unspecified atom stereocenters. The number of aryl methyl sites for hydroxylation is 2. The number of nitrogens with one attached hydrogen (secondary N) is 1. The van der Waals surface area contributed by atoms with Gasteiger partial charge in [-0.2, -0.15) is 5.10 Å². The molecule has 0 bridgehead atoms. The van der Waals surface area contributed by atoms with Crippen LogP contribution in [0.4, 0.5) is 5.69 Å². The molecule has 3 aromatic rings. The number of carbonyl (C=O) groups excluding carboxylic acids is 2. The molecule has 1 amide bonds. The molecular formula is C20H20N4O5S. The molecule has 0 aliphatic heterocycles. The quantitative estimate of drug-likeness (QED) is 0.597. The molecule has 2 heterocycles. The smallest absolute Gasteiger partial charge is 0.340 e. The highest BCUT2D eigenvalue weighted by Gasteiger charge is 2.13. The minimum Gasteiger partial charge on any atom is -0.452 e. The Balaban J connectivity index is 1.56. The average molecular weight is 428 g/mol. The first-order valence-electron chi connectivity index (χ1n) is 8.90. The molecular weight excluding hydrogens is 408 g/mol. The van der Waals surface area contributed by atoms with Crippen molar-refractivity contribution in [3.8, 4) is 5.82 Å². The molecule has 0 aliphatic carbocycles. The van der Waals surface area contributed by atoms with E-state index < -0.39 is 28.3 Å². The third-order valence-corrected chi connectivity index (χ3v) is 5.24. The molecule has 10 heteroatoms. The fourth-order valence-corrected chi connectivity index (χ4v) is 3.32. The summed E-state index contributed by atoms with van der Waals surface area (Å²) >= 11 is 0. The zero-order valence-corrected chi connectivity index (χ0v) is 17.4. The number of ether oxygens (including phenoxy) is 1. The van der Waals surface area contributed by atoms with Crippen molar-refractivity contribution in [2.75, 3.05) is 18.2 Å². The Morgan fingerprint density at radius 2 is 1.80 bits per heavy atom. The lowest BCUT2D eigenvalue weighted by molar-refractivity contribution is -0.119. The van der Waals surface area contributed by atoms with Crippen molar-refractivity contribution in [1.82, 2.24) is 14.8 Å². The Morgan fingerprint density at radius 3 is 2.33 bits per heavy atom. The summed E-state index contributed by atoms with van der Waals surface area (Å²) in [7, 11) is -3.32. The van der Waals surface area contributed by atoms with Gasteiger partial charge in [-0.3, -0.25) is 4.79 Å². The molecule has 0 fully saturated rings. The van der Waals surface area contributed by atoms with Crippen LogP contribution in [-0.2, 0) is 19.4 Å². The van der Waals surface area contributed by atoms with Gasteiger partial charge >= 0.3 is 5.97 Å². The molecule has 9 nitrogen and oxygen atoms in total. The Bertz CT molecular complexity index is 1180. The lowest BCUT2D eigenvalue weighted by Crippen LogP contribution is -2.21. The Labute approximate surface area is 173 Å². The fraction of sp³-hybridized carbons (Fsp3) is 0.200. The predicted octanol–water partition coefficient (Wildman–Crippen LogP) is 2.08. The highest BCUT2D eigenvalue weighted by atomic mass is 32.2. The standard InChI is InChI=1S/C20H20N4O5S/c1-13-10-14(2)24(23-13)18-9-4-15(11-21-18)20(26)29-12-19(25)22-16-5-7-17(8-6-16)30(3,27)28/h4-11H,12H2,1-3H3,(H,22,25). The van der Waals surface area contributed by atoms with Gasteiger partial charge in [0, 0.05) is 23.8 Å². The van der Waals surface area contributed by atoms with Crippen LogP contribution in [0.1, 0.15) is 21.7 Å². The van der Waals surface area contributed by atoms with Crippen LogP contribution in [0.5, 0.6) is 0 Å². The van der Waals surface area contributed by atoms with Gasteiger partial charge in [0.05, 0.1) is 16.2 Å². The number of rotatable bonds is 6. The summed E-state index contributed by atoms with van der Waals surface area (Å²) in [5.41, 5.74) is 2.36. The van der Waals surface area contributed by atoms with Crippen LogP contribution < -0.4 is 5.32 Å². The van der Waals surface area contributed by atoms with E-state index in [9.17, 15) is 18.0 Å². The van der Waals surface area contributed by atoms with Gasteiger partial charge in [0.15, 0.2) is 22.3 Å². The maximum absolute atomic E-state index is 12.1. The van der Waals surface area contributed by atoms with Gasteiger partial charge in [-0.1, -0.05) is 0 Å². The molecule has 0 saturated carbocycles. The third-order valence-electron chi connectivity index (χ3n) is 4.11. The van der Waals surface area contributed by atoms with Gasteiger partial charge in [-0.05, 0) is 56.3 Å². The summed E-state index contributed by atoms with van der Waals surface area (Å²) in [4.78, 5) is 28.5. The predicted molar refractivity (Wildman–Crippen MR) is 109 cm³/mol. The first-order chi connectivity index (χ1) is 14.1. The maximum atomic E-state index is 12.1. The van der Waals surface area contributed by atoms with Gasteiger partial charge in [0.25, 0.3) is 5.91 Å². The zero-order chi connectivity index (χ0) is 21.9. The van der Waals surface area contributed by atoms with E-state index >= 15 is 0 Å². The number of sulfone groups is 1. The highest BCUT2D eigenvalue weighted by Crippen LogP contribution is 2.14. The minimum atomic E-state index is -3.32. The normalized spacial score (nSPS) is 11.2. The Hall–Kier alpha value is -3.53. The van der Waals surface area contributed by atoms with E-state index in [2.05, 4.69) is 15.4 Å². The van der Waals surface area contributed by atoms with E-state index in [1.165, 1.54) is 30.5 Å². The topological polar surface area (TPSA) is 120 Å². The number of aromatic nitrogens is 3. The van der Waals surface area contributed by atoms with Crippen LogP contribution in [0.2, 0.25) is 0 Å². The van der Waals surface area contributed by atoms with E-state index in [4.69, 9.17) is 4.74 Å². The van der Waals surface area contributed by atoms with Crippen LogP contribution in [0, 0.1) is 13.8 Å². The van der Waals surface area contributed by atoms with Gasteiger partial charge in [0.2, 0.25) is 0 Å². The summed E-state index contributed by atoms with van der Waals surface area (Å²) in [5.74, 6) is -0.680. The second kappa shape index (κ2) is 8.46. The molecule has 30 heavy (non-hydrogen) atoms. The lowest BCUT2D eigenvalue weighted by Gasteiger charge is -2.08. The molecule has 2 aromatic heterocycles. The van der Waals surface area contributed by atoms with Crippen LogP contribution in [0.15, 0.2) is 53.6 Å². The highest BCUT2D eigenvalue weighted by molar-refractivity contribution is 7.90. The van der Waals surface area contributed by atoms with E-state index in [0.29, 0.717) is 11.5 Å². The minimum absolute atomic E-state index is 0.142. The van der Waals surface area contributed by atoms with Crippen molar-refractivity contribution in [3.05, 3.63) is 65.6 Å². The lowest BCUT2D eigenvalue weighted by atomic mass is 10.3. The largest absolute Gasteiger partial charge is 0.452 e. The third kappa shape index (κ3) is 5.09. The number of benzene rings is 1. The van der Waals surface area contributed by atoms with Crippen molar-refractivity contribution >= 4 is 27.4 Å². The maximum Gasteiger partial charge on any atom is 0.340 e. The summed E-state index contributed by atoms with van der Waals surface area (Å²) in [5, 5.41) is 6.85. The fourth-order valence-electron chi connectivity index (χ4n) is 2.69. The Kier molecular flexibility index (Phi) is 5.97. The average Bonchev–Trinajstić information content (AvgIpc) is 3.04. The molecule has 0 radical (unpaired) electrons. The number of carbonyl (C=O) groups is 2. The second-order valence-corrected chi connectivity index (χ2v) is 8.68. The second-order valence-electron chi connectivity index (χ2n) is 6.66. The van der Waals surface area contributed by atoms with Crippen LogP contribution >= 0.6 is 0 Å². The van der Waals surface area contributed by atoms with Crippen molar-refractivity contribution in [2.24, 2.45) is 0 Å². The Morgan fingerprint density at radius 1 is 1.10 bits per heavy atom. The number of hydrogen-bond acceptors (Lipinski definition) is 7. The van der Waals surface area contributed by atoms with Gasteiger partial charge < -0.3 is 10.1 Å². The number of pyridine rings is 1. The number of esters is 1. The number of amides is 1. The number of anilines is 1. The van der Waals surface area contributed by atoms with Crippen molar-refractivity contribution in [2.45, 2.75) is 18.7 Å². The summed E-state index contributed by atoms with van der Waals surface area (Å²) in [6, 6.07) is 10.8. The molecule has 0 atom stereocenters. The van der Waals surface area contributed by atoms with Gasteiger partial charge in [-0.15, -0.1) is 0 Å². The number of nitrogens with zero attached hydrogens (tertiary/aromatic N) is 3. The van der Waals surface area contributed by atoms with Crippen molar-refractivity contribution in [1.29, 1.82) is 0 Å². The van der Waals surface area contributed by atoms with E-state index in [1.54, 1.807) is 16.8 Å². The monoisotopic (exact) mass is 428 g/mol. The number of hydrogen-bond donors (Lipinski definition) is 1. The van der Waals surface area contributed by atoms with E-state index in [1.807, 2.05) is 19.9 Å². The summed E-state index contributed by atoms with van der Waals surface area (Å²) in [6.45, 7) is 3.28. The molecule has 0 saturated heterocycles.